The van der Waals surface area contributed by atoms with Crippen LogP contribution in [0.25, 0.3) is 0 Å². The van der Waals surface area contributed by atoms with Crippen molar-refractivity contribution in [1.29, 1.82) is 0 Å². The van der Waals surface area contributed by atoms with Crippen molar-refractivity contribution < 1.29 is 8.42 Å². The Morgan fingerprint density at radius 2 is 1.71 bits per heavy atom. The first kappa shape index (κ1) is 13.5. The fourth-order valence-electron chi connectivity index (χ4n) is 0.907. The topological polar surface area (TPSA) is 34.1 Å². The third-order valence-corrected chi connectivity index (χ3v) is 3.07. The molecule has 0 atom stereocenters. The molecule has 0 radical (unpaired) electrons. The normalized spacial score (nSPS) is 10.4. The highest BCUT2D eigenvalue weighted by atomic mass is 35.5. The van der Waals surface area contributed by atoms with Gasteiger partial charge in [0, 0.05) is 6.26 Å². The minimum absolute atomic E-state index is 0.190. The van der Waals surface area contributed by atoms with Crippen LogP contribution in [0.1, 0.15) is 19.4 Å². The summed E-state index contributed by atoms with van der Waals surface area (Å²) in [5.41, 5.74) is 0.951. The first-order chi connectivity index (χ1) is 6.41. The van der Waals surface area contributed by atoms with E-state index in [9.17, 15) is 8.42 Å². The van der Waals surface area contributed by atoms with Gasteiger partial charge >= 0.3 is 0 Å². The summed E-state index contributed by atoms with van der Waals surface area (Å²) in [6, 6.07) is 4.88. The van der Waals surface area contributed by atoms with Crippen LogP contribution in [0.15, 0.2) is 23.1 Å². The predicted octanol–water partition coefficient (Wildman–Crippen LogP) is 3.08. The van der Waals surface area contributed by atoms with Gasteiger partial charge in [0.15, 0.2) is 9.84 Å². The first-order valence-electron chi connectivity index (χ1n) is 4.37. The maximum absolute atomic E-state index is 11.1. The van der Waals surface area contributed by atoms with Crippen LogP contribution in [0.4, 0.5) is 0 Å². The fourth-order valence-corrected chi connectivity index (χ4v) is 2.29. The van der Waals surface area contributed by atoms with E-state index in [1.807, 2.05) is 20.8 Å². The molecule has 80 valence electrons. The molecule has 1 aromatic carbocycles. The van der Waals surface area contributed by atoms with Gasteiger partial charge in [-0.05, 0) is 24.6 Å². The van der Waals surface area contributed by atoms with Gasteiger partial charge in [0.2, 0.25) is 0 Å². The summed E-state index contributed by atoms with van der Waals surface area (Å²) in [4.78, 5) is 0.190. The van der Waals surface area contributed by atoms with E-state index >= 15 is 0 Å². The van der Waals surface area contributed by atoms with Crippen LogP contribution in [-0.4, -0.2) is 14.7 Å². The zero-order valence-corrected chi connectivity index (χ0v) is 10.4. The molecule has 0 bridgehead atoms. The van der Waals surface area contributed by atoms with Crippen LogP contribution in [-0.2, 0) is 9.84 Å². The molecule has 0 saturated heterocycles. The number of halogens is 1. The first-order valence-corrected chi connectivity index (χ1v) is 6.64. The highest BCUT2D eigenvalue weighted by molar-refractivity contribution is 7.90. The lowest BCUT2D eigenvalue weighted by Crippen LogP contribution is -1.97. The predicted molar refractivity (Wildman–Crippen MR) is 60.6 cm³/mol. The van der Waals surface area contributed by atoms with Gasteiger partial charge in [0.05, 0.1) is 9.92 Å². The van der Waals surface area contributed by atoms with Gasteiger partial charge in [0.25, 0.3) is 0 Å². The van der Waals surface area contributed by atoms with E-state index in [1.165, 1.54) is 6.07 Å². The molecule has 0 heterocycles. The van der Waals surface area contributed by atoms with E-state index in [-0.39, 0.29) is 9.92 Å². The van der Waals surface area contributed by atoms with Gasteiger partial charge in [-0.25, -0.2) is 8.42 Å². The zero-order chi connectivity index (χ0) is 11.4. The summed E-state index contributed by atoms with van der Waals surface area (Å²) in [7, 11) is -3.18. The molecule has 0 saturated carbocycles. The van der Waals surface area contributed by atoms with Crippen LogP contribution in [0.2, 0.25) is 5.02 Å². The largest absolute Gasteiger partial charge is 0.224 e. The van der Waals surface area contributed by atoms with Gasteiger partial charge in [-0.3, -0.25) is 0 Å². The van der Waals surface area contributed by atoms with Crippen LogP contribution < -0.4 is 0 Å². The molecule has 0 unspecified atom stereocenters. The SMILES string of the molecule is CC.Cc1ccc(S(C)(=O)=O)c(Cl)c1. The Morgan fingerprint density at radius 3 is 2.07 bits per heavy atom. The van der Waals surface area contributed by atoms with E-state index in [2.05, 4.69) is 0 Å². The molecule has 0 aliphatic rings. The second-order valence-corrected chi connectivity index (χ2v) is 5.10. The summed E-state index contributed by atoms with van der Waals surface area (Å²) in [6.07, 6.45) is 1.14. The van der Waals surface area contributed by atoms with Gasteiger partial charge in [-0.15, -0.1) is 0 Å². The average Bonchev–Trinajstić information content (AvgIpc) is 2.05. The molecule has 2 nitrogen and oxygen atoms in total. The summed E-state index contributed by atoms with van der Waals surface area (Å²) in [5.74, 6) is 0. The molecule has 4 heteroatoms. The molecule has 0 fully saturated rings. The summed E-state index contributed by atoms with van der Waals surface area (Å²) in [5, 5.41) is 0.289. The van der Waals surface area contributed by atoms with Crippen molar-refractivity contribution in [3.8, 4) is 0 Å². The lowest BCUT2D eigenvalue weighted by atomic mass is 10.2. The van der Waals surface area contributed by atoms with Crippen LogP contribution in [0, 0.1) is 6.92 Å². The van der Waals surface area contributed by atoms with Crippen molar-refractivity contribution in [2.75, 3.05) is 6.26 Å². The Balaban J connectivity index is 0.000000791. The minimum atomic E-state index is -3.18. The van der Waals surface area contributed by atoms with Crippen LogP contribution >= 0.6 is 11.6 Å². The lowest BCUT2D eigenvalue weighted by Gasteiger charge is -2.01. The van der Waals surface area contributed by atoms with Gasteiger partial charge in [-0.2, -0.15) is 0 Å². The Labute approximate surface area is 90.8 Å². The van der Waals surface area contributed by atoms with E-state index in [0.717, 1.165) is 11.8 Å². The smallest absolute Gasteiger partial charge is 0.176 e. The van der Waals surface area contributed by atoms with Crippen LogP contribution in [0.3, 0.4) is 0 Å². The van der Waals surface area contributed by atoms with Crippen molar-refractivity contribution in [2.24, 2.45) is 0 Å². The number of sulfone groups is 1. The molecule has 1 rings (SSSR count). The Kier molecular flexibility index (Phi) is 5.16. The Bertz CT molecular complexity index is 397. The molecule has 0 amide bonds. The third-order valence-electron chi connectivity index (χ3n) is 1.49. The standard InChI is InChI=1S/C8H9ClO2S.C2H6/c1-6-3-4-8(7(9)5-6)12(2,10)11;1-2/h3-5H,1-2H3;1-2H3. The quantitative estimate of drug-likeness (QED) is 0.749. The van der Waals surface area contributed by atoms with Crippen molar-refractivity contribution in [3.63, 3.8) is 0 Å². The minimum Gasteiger partial charge on any atom is -0.224 e. The third kappa shape index (κ3) is 3.68. The molecule has 0 N–H and O–H groups in total. The Morgan fingerprint density at radius 1 is 1.21 bits per heavy atom. The van der Waals surface area contributed by atoms with Crippen molar-refractivity contribution in [3.05, 3.63) is 28.8 Å². The van der Waals surface area contributed by atoms with E-state index in [1.54, 1.807) is 12.1 Å². The van der Waals surface area contributed by atoms with Crippen LogP contribution in [0.5, 0.6) is 0 Å². The van der Waals surface area contributed by atoms with Gasteiger partial charge in [0.1, 0.15) is 0 Å². The summed E-state index contributed by atoms with van der Waals surface area (Å²) in [6.45, 7) is 5.86. The second-order valence-electron chi connectivity index (χ2n) is 2.71. The monoisotopic (exact) mass is 234 g/mol. The second kappa shape index (κ2) is 5.37. The lowest BCUT2D eigenvalue weighted by molar-refractivity contribution is 0.602. The fraction of sp³-hybridized carbons (Fsp3) is 0.400. The number of rotatable bonds is 1. The maximum Gasteiger partial charge on any atom is 0.176 e. The summed E-state index contributed by atoms with van der Waals surface area (Å²) < 4.78 is 22.2. The van der Waals surface area contributed by atoms with Crippen molar-refractivity contribution in [2.45, 2.75) is 25.7 Å². The molecular formula is C10H15ClO2S. The maximum atomic E-state index is 11.1. The van der Waals surface area contributed by atoms with Gasteiger partial charge < -0.3 is 0 Å². The molecular weight excluding hydrogens is 220 g/mol. The highest BCUT2D eigenvalue weighted by Gasteiger charge is 2.10. The number of benzene rings is 1. The van der Waals surface area contributed by atoms with Crippen molar-refractivity contribution >= 4 is 21.4 Å². The molecule has 14 heavy (non-hydrogen) atoms. The summed E-state index contributed by atoms with van der Waals surface area (Å²) >= 11 is 5.73. The van der Waals surface area contributed by atoms with E-state index in [4.69, 9.17) is 11.6 Å². The molecule has 0 aliphatic heterocycles. The van der Waals surface area contributed by atoms with E-state index in [0.29, 0.717) is 0 Å². The Hall–Kier alpha value is -0.540. The number of aryl methyl sites for hydroxylation is 1. The number of hydrogen-bond acceptors (Lipinski definition) is 2. The highest BCUT2D eigenvalue weighted by Crippen LogP contribution is 2.21. The number of hydrogen-bond donors (Lipinski definition) is 0. The molecule has 0 aromatic heterocycles. The van der Waals surface area contributed by atoms with Crippen molar-refractivity contribution in [1.82, 2.24) is 0 Å². The van der Waals surface area contributed by atoms with Gasteiger partial charge in [-0.1, -0.05) is 31.5 Å². The molecule has 0 aliphatic carbocycles. The zero-order valence-electron chi connectivity index (χ0n) is 8.83. The van der Waals surface area contributed by atoms with E-state index < -0.39 is 9.84 Å². The molecule has 1 aromatic rings. The average molecular weight is 235 g/mol. The molecule has 0 spiro atoms.